The minimum Gasteiger partial charge on any atom is -0.382 e. The Morgan fingerprint density at radius 3 is 2.41 bits per heavy atom. The summed E-state index contributed by atoms with van der Waals surface area (Å²) < 4.78 is 5.95. The number of hydrogen-bond acceptors (Lipinski definition) is 8. The SMILES string of the molecule is N#Cc1cc(NC2CCC(OCC(=O)N3CCN(c4ccccc4)CC3)CC2)ccc1N(O)O. The van der Waals surface area contributed by atoms with Gasteiger partial charge in [0.15, 0.2) is 0 Å². The third-order valence-electron chi connectivity index (χ3n) is 6.57. The molecule has 1 saturated carbocycles. The highest BCUT2D eigenvalue weighted by Crippen LogP contribution is 2.27. The van der Waals surface area contributed by atoms with E-state index in [9.17, 15) is 20.5 Å². The quantitative estimate of drug-likeness (QED) is 0.535. The Labute approximate surface area is 199 Å². The van der Waals surface area contributed by atoms with E-state index in [1.54, 1.807) is 12.1 Å². The van der Waals surface area contributed by atoms with Gasteiger partial charge in [-0.05, 0) is 56.0 Å². The Bertz CT molecular complexity index is 994. The van der Waals surface area contributed by atoms with Crippen molar-refractivity contribution in [2.45, 2.75) is 37.8 Å². The van der Waals surface area contributed by atoms with E-state index in [0.29, 0.717) is 13.1 Å². The van der Waals surface area contributed by atoms with Crippen molar-refractivity contribution >= 4 is 23.0 Å². The molecule has 9 nitrogen and oxygen atoms in total. The Balaban J connectivity index is 1.17. The standard InChI is InChI=1S/C25H31N5O4/c26-17-19-16-21(8-11-24(19)30(32)33)27-20-6-9-23(10-7-20)34-18-25(31)29-14-12-28(13-15-29)22-4-2-1-3-5-22/h1-5,8,11,16,20,23,27,32-33H,6-7,9-10,12-15,18H2. The predicted molar refractivity (Wildman–Crippen MR) is 128 cm³/mol. The molecule has 0 spiro atoms. The van der Waals surface area contributed by atoms with Crippen molar-refractivity contribution in [3.63, 3.8) is 0 Å². The Morgan fingerprint density at radius 1 is 1.06 bits per heavy atom. The van der Waals surface area contributed by atoms with Crippen molar-refractivity contribution in [1.29, 1.82) is 5.26 Å². The molecule has 0 bridgehead atoms. The maximum absolute atomic E-state index is 12.6. The lowest BCUT2D eigenvalue weighted by molar-refractivity contribution is -0.139. The zero-order chi connectivity index (χ0) is 23.9. The van der Waals surface area contributed by atoms with Gasteiger partial charge in [0.05, 0.1) is 11.7 Å². The van der Waals surface area contributed by atoms with Crippen molar-refractivity contribution in [1.82, 2.24) is 4.90 Å². The fourth-order valence-electron chi connectivity index (χ4n) is 4.63. The molecular weight excluding hydrogens is 434 g/mol. The lowest BCUT2D eigenvalue weighted by atomic mass is 9.92. The van der Waals surface area contributed by atoms with E-state index in [1.807, 2.05) is 29.2 Å². The van der Waals surface area contributed by atoms with Crippen LogP contribution in [0.5, 0.6) is 0 Å². The third-order valence-corrected chi connectivity index (χ3v) is 6.57. The normalized spacial score (nSPS) is 20.5. The largest absolute Gasteiger partial charge is 0.382 e. The molecule has 1 aliphatic carbocycles. The van der Waals surface area contributed by atoms with Crippen LogP contribution in [0.1, 0.15) is 31.2 Å². The van der Waals surface area contributed by atoms with Crippen molar-refractivity contribution in [2.75, 3.05) is 48.2 Å². The zero-order valence-corrected chi connectivity index (χ0v) is 19.1. The Hall–Kier alpha value is -3.32. The fourth-order valence-corrected chi connectivity index (χ4v) is 4.63. The highest BCUT2D eigenvalue weighted by atomic mass is 16.8. The molecule has 3 N–H and O–H groups in total. The number of piperazine rings is 1. The second-order valence-electron chi connectivity index (χ2n) is 8.77. The summed E-state index contributed by atoms with van der Waals surface area (Å²) in [7, 11) is 0. The van der Waals surface area contributed by atoms with Gasteiger partial charge in [0.25, 0.3) is 0 Å². The van der Waals surface area contributed by atoms with Crippen LogP contribution < -0.4 is 15.4 Å². The first-order valence-electron chi connectivity index (χ1n) is 11.7. The summed E-state index contributed by atoms with van der Waals surface area (Å²) >= 11 is 0. The van der Waals surface area contributed by atoms with E-state index in [-0.39, 0.29) is 41.1 Å². The number of anilines is 3. The summed E-state index contributed by atoms with van der Waals surface area (Å²) in [6, 6.07) is 17.3. The van der Waals surface area contributed by atoms with Crippen molar-refractivity contribution < 1.29 is 19.9 Å². The van der Waals surface area contributed by atoms with E-state index in [2.05, 4.69) is 22.3 Å². The smallest absolute Gasteiger partial charge is 0.248 e. The molecule has 1 saturated heterocycles. The van der Waals surface area contributed by atoms with Gasteiger partial charge in [-0.3, -0.25) is 15.2 Å². The second-order valence-corrected chi connectivity index (χ2v) is 8.77. The average molecular weight is 466 g/mol. The van der Waals surface area contributed by atoms with E-state index in [1.165, 1.54) is 11.8 Å². The number of rotatable bonds is 7. The van der Waals surface area contributed by atoms with Gasteiger partial charge in [-0.15, -0.1) is 5.23 Å². The van der Waals surface area contributed by atoms with Gasteiger partial charge in [0.1, 0.15) is 18.4 Å². The monoisotopic (exact) mass is 465 g/mol. The van der Waals surface area contributed by atoms with Crippen molar-refractivity contribution in [2.24, 2.45) is 0 Å². The van der Waals surface area contributed by atoms with Crippen LogP contribution in [0, 0.1) is 11.3 Å². The molecule has 2 aromatic rings. The van der Waals surface area contributed by atoms with Gasteiger partial charge in [-0.25, -0.2) is 0 Å². The first kappa shape index (κ1) is 23.8. The molecule has 180 valence electrons. The summed E-state index contributed by atoms with van der Waals surface area (Å²) in [4.78, 5) is 16.8. The van der Waals surface area contributed by atoms with Crippen LogP contribution in [0.2, 0.25) is 0 Å². The molecule has 0 radical (unpaired) electrons. The number of nitrogens with zero attached hydrogens (tertiary/aromatic N) is 4. The molecule has 4 rings (SSSR count). The number of nitrogens with one attached hydrogen (secondary N) is 1. The highest BCUT2D eigenvalue weighted by molar-refractivity contribution is 5.77. The Morgan fingerprint density at radius 2 is 1.76 bits per heavy atom. The number of nitriles is 1. The topological polar surface area (TPSA) is 112 Å². The first-order valence-corrected chi connectivity index (χ1v) is 11.7. The number of para-hydroxylation sites is 1. The van der Waals surface area contributed by atoms with Crippen LogP contribution in [0.25, 0.3) is 0 Å². The summed E-state index contributed by atoms with van der Waals surface area (Å²) in [5, 5.41) is 30.9. The lowest BCUT2D eigenvalue weighted by Crippen LogP contribution is -2.50. The number of carbonyl (C=O) groups is 1. The molecule has 2 aromatic carbocycles. The fraction of sp³-hybridized carbons (Fsp3) is 0.440. The average Bonchev–Trinajstić information content (AvgIpc) is 2.88. The van der Waals surface area contributed by atoms with E-state index >= 15 is 0 Å². The summed E-state index contributed by atoms with van der Waals surface area (Å²) in [6.45, 7) is 3.20. The predicted octanol–water partition coefficient (Wildman–Crippen LogP) is 3.23. The number of benzene rings is 2. The second kappa shape index (κ2) is 11.2. The van der Waals surface area contributed by atoms with Gasteiger partial charge in [-0.1, -0.05) is 18.2 Å². The molecule has 2 fully saturated rings. The maximum atomic E-state index is 12.6. The van der Waals surface area contributed by atoms with Crippen LogP contribution in [0.4, 0.5) is 17.1 Å². The first-order chi connectivity index (χ1) is 16.5. The molecule has 9 heteroatoms. The number of ether oxygens (including phenoxy) is 1. The minimum atomic E-state index is -0.0463. The summed E-state index contributed by atoms with van der Waals surface area (Å²) in [6.07, 6.45) is 3.57. The van der Waals surface area contributed by atoms with Gasteiger partial charge in [-0.2, -0.15) is 5.26 Å². The minimum absolute atomic E-state index is 0.0382. The molecule has 2 aliphatic rings. The molecule has 1 aliphatic heterocycles. The molecular formula is C25H31N5O4. The Kier molecular flexibility index (Phi) is 7.85. The van der Waals surface area contributed by atoms with E-state index < -0.39 is 0 Å². The van der Waals surface area contributed by atoms with Gasteiger partial charge >= 0.3 is 0 Å². The van der Waals surface area contributed by atoms with Gasteiger partial charge in [0.2, 0.25) is 5.91 Å². The van der Waals surface area contributed by atoms with Crippen LogP contribution in [0.15, 0.2) is 48.5 Å². The van der Waals surface area contributed by atoms with Crippen LogP contribution >= 0.6 is 0 Å². The molecule has 0 aromatic heterocycles. The van der Waals surface area contributed by atoms with Crippen molar-refractivity contribution in [3.05, 3.63) is 54.1 Å². The molecule has 34 heavy (non-hydrogen) atoms. The zero-order valence-electron chi connectivity index (χ0n) is 19.1. The lowest BCUT2D eigenvalue weighted by Gasteiger charge is -2.36. The molecule has 0 atom stereocenters. The van der Waals surface area contributed by atoms with Gasteiger partial charge < -0.3 is 19.9 Å². The van der Waals surface area contributed by atoms with Crippen LogP contribution in [-0.2, 0) is 9.53 Å². The number of hydrogen-bond donors (Lipinski definition) is 3. The number of carbonyl (C=O) groups excluding carboxylic acids is 1. The molecule has 1 heterocycles. The summed E-state index contributed by atoms with van der Waals surface area (Å²) in [5.41, 5.74) is 2.17. The van der Waals surface area contributed by atoms with Crippen LogP contribution in [0.3, 0.4) is 0 Å². The summed E-state index contributed by atoms with van der Waals surface area (Å²) in [5.74, 6) is 0.0545. The molecule has 0 unspecified atom stereocenters. The van der Waals surface area contributed by atoms with Crippen LogP contribution in [-0.4, -0.2) is 66.2 Å². The van der Waals surface area contributed by atoms with E-state index in [0.717, 1.165) is 44.5 Å². The third kappa shape index (κ3) is 5.97. The van der Waals surface area contributed by atoms with Gasteiger partial charge in [0, 0.05) is 43.6 Å². The maximum Gasteiger partial charge on any atom is 0.248 e. The highest BCUT2D eigenvalue weighted by Gasteiger charge is 2.25. The molecule has 1 amide bonds. The van der Waals surface area contributed by atoms with E-state index in [4.69, 9.17) is 4.74 Å². The van der Waals surface area contributed by atoms with Crippen molar-refractivity contribution in [3.8, 4) is 6.07 Å². The number of amides is 1.